The summed E-state index contributed by atoms with van der Waals surface area (Å²) in [5.41, 5.74) is 7.03. The van der Waals surface area contributed by atoms with Gasteiger partial charge in [-0.15, -0.1) is 0 Å². The second-order valence-electron chi connectivity index (χ2n) is 4.68. The van der Waals surface area contributed by atoms with E-state index >= 15 is 0 Å². The zero-order chi connectivity index (χ0) is 14.2. The van der Waals surface area contributed by atoms with E-state index in [0.29, 0.717) is 24.0 Å². The quantitative estimate of drug-likeness (QED) is 0.850. The molecule has 0 aromatic heterocycles. The number of hydrogen-bond donors (Lipinski definition) is 1. The number of anilines is 1. The lowest BCUT2D eigenvalue weighted by Crippen LogP contribution is -2.41. The topological polar surface area (TPSA) is 63.4 Å². The van der Waals surface area contributed by atoms with Crippen molar-refractivity contribution in [2.45, 2.75) is 24.0 Å². The number of hydrogen-bond acceptors (Lipinski definition) is 4. The van der Waals surface area contributed by atoms with Gasteiger partial charge < -0.3 is 5.73 Å². The second-order valence-corrected chi connectivity index (χ2v) is 8.54. The molecule has 4 nitrogen and oxygen atoms in total. The van der Waals surface area contributed by atoms with E-state index in [2.05, 4.69) is 0 Å². The molecule has 0 saturated carbocycles. The van der Waals surface area contributed by atoms with Gasteiger partial charge in [0, 0.05) is 29.8 Å². The largest absolute Gasteiger partial charge is 0.398 e. The molecule has 7 heteroatoms. The summed E-state index contributed by atoms with van der Waals surface area (Å²) in [7, 11) is -3.56. The zero-order valence-corrected chi connectivity index (χ0v) is 13.3. The fraction of sp³-hybridized carbons (Fsp3) is 0.500. The predicted octanol–water partition coefficient (Wildman–Crippen LogP) is 2.36. The molecule has 1 atom stereocenters. The SMILES string of the molecule is Cc1cc(Cl)c(S(=O)(=O)N2CCSC(C)C2)cc1N. The van der Waals surface area contributed by atoms with Crippen molar-refractivity contribution in [3.8, 4) is 0 Å². The van der Waals surface area contributed by atoms with E-state index in [4.69, 9.17) is 17.3 Å². The number of nitrogen functional groups attached to an aromatic ring is 1. The Hall–Kier alpha value is -0.430. The molecule has 1 aliphatic rings. The fourth-order valence-corrected chi connectivity index (χ4v) is 5.36. The number of aryl methyl sites for hydroxylation is 1. The molecule has 0 bridgehead atoms. The number of nitrogens with zero attached hydrogens (tertiary/aromatic N) is 1. The number of nitrogens with two attached hydrogens (primary N) is 1. The molecule has 1 saturated heterocycles. The first-order chi connectivity index (χ1) is 8.82. The van der Waals surface area contributed by atoms with Crippen molar-refractivity contribution in [1.82, 2.24) is 4.31 Å². The summed E-state index contributed by atoms with van der Waals surface area (Å²) in [6.07, 6.45) is 0. The number of benzene rings is 1. The van der Waals surface area contributed by atoms with E-state index in [-0.39, 0.29) is 9.92 Å². The van der Waals surface area contributed by atoms with E-state index < -0.39 is 10.0 Å². The van der Waals surface area contributed by atoms with Gasteiger partial charge >= 0.3 is 0 Å². The van der Waals surface area contributed by atoms with Crippen LogP contribution in [0.25, 0.3) is 0 Å². The maximum absolute atomic E-state index is 12.6. The first-order valence-electron chi connectivity index (χ1n) is 5.99. The van der Waals surface area contributed by atoms with Gasteiger partial charge in [-0.25, -0.2) is 8.42 Å². The first-order valence-corrected chi connectivity index (χ1v) is 8.86. The van der Waals surface area contributed by atoms with Crippen LogP contribution in [0.4, 0.5) is 5.69 Å². The van der Waals surface area contributed by atoms with E-state index in [1.807, 2.05) is 6.92 Å². The lowest BCUT2D eigenvalue weighted by molar-refractivity contribution is 0.424. The van der Waals surface area contributed by atoms with Gasteiger partial charge in [-0.2, -0.15) is 16.1 Å². The molecular formula is C12H17ClN2O2S2. The Labute approximate surface area is 123 Å². The predicted molar refractivity (Wildman–Crippen MR) is 81.3 cm³/mol. The Morgan fingerprint density at radius 3 is 2.79 bits per heavy atom. The van der Waals surface area contributed by atoms with E-state index in [1.54, 1.807) is 24.8 Å². The molecule has 0 aliphatic carbocycles. The molecule has 2 N–H and O–H groups in total. The first kappa shape index (κ1) is 15.0. The summed E-state index contributed by atoms with van der Waals surface area (Å²) in [6, 6.07) is 3.06. The number of thioether (sulfide) groups is 1. The van der Waals surface area contributed by atoms with Gasteiger partial charge in [0.25, 0.3) is 0 Å². The van der Waals surface area contributed by atoms with Crippen molar-refractivity contribution in [2.24, 2.45) is 0 Å². The molecule has 106 valence electrons. The van der Waals surface area contributed by atoms with Crippen LogP contribution in [0.1, 0.15) is 12.5 Å². The molecule has 2 rings (SSSR count). The molecule has 0 amide bonds. The van der Waals surface area contributed by atoms with Crippen LogP contribution in [0.3, 0.4) is 0 Å². The Morgan fingerprint density at radius 1 is 1.47 bits per heavy atom. The Balaban J connectivity index is 2.42. The van der Waals surface area contributed by atoms with Gasteiger partial charge in [0.15, 0.2) is 0 Å². The third-order valence-electron chi connectivity index (χ3n) is 3.14. The molecule has 1 aliphatic heterocycles. The van der Waals surface area contributed by atoms with Crippen molar-refractivity contribution in [2.75, 3.05) is 24.6 Å². The van der Waals surface area contributed by atoms with Crippen LogP contribution in [0.15, 0.2) is 17.0 Å². The minimum Gasteiger partial charge on any atom is -0.398 e. The highest BCUT2D eigenvalue weighted by Crippen LogP contribution is 2.31. The van der Waals surface area contributed by atoms with Gasteiger partial charge in [0.1, 0.15) is 4.90 Å². The summed E-state index contributed by atoms with van der Waals surface area (Å²) in [6.45, 7) is 4.85. The van der Waals surface area contributed by atoms with Crippen molar-refractivity contribution in [3.63, 3.8) is 0 Å². The standard InChI is InChI=1S/C12H17ClN2O2S2/c1-8-5-10(13)12(6-11(8)14)19(16,17)15-3-4-18-9(2)7-15/h5-6,9H,3-4,7,14H2,1-2H3. The highest BCUT2D eigenvalue weighted by Gasteiger charge is 2.30. The van der Waals surface area contributed by atoms with Crippen LogP contribution in [0.2, 0.25) is 5.02 Å². The third kappa shape index (κ3) is 3.02. The van der Waals surface area contributed by atoms with Crippen molar-refractivity contribution < 1.29 is 8.42 Å². The van der Waals surface area contributed by atoms with Gasteiger partial charge in [-0.1, -0.05) is 18.5 Å². The summed E-state index contributed by atoms with van der Waals surface area (Å²) < 4.78 is 26.7. The van der Waals surface area contributed by atoms with Crippen LogP contribution in [0, 0.1) is 6.92 Å². The normalized spacial score (nSPS) is 21.5. The van der Waals surface area contributed by atoms with Crippen molar-refractivity contribution in [1.29, 1.82) is 0 Å². The van der Waals surface area contributed by atoms with Gasteiger partial charge in [0.05, 0.1) is 5.02 Å². The van der Waals surface area contributed by atoms with Crippen molar-refractivity contribution >= 4 is 39.1 Å². The Bertz CT molecular complexity index is 590. The van der Waals surface area contributed by atoms with Gasteiger partial charge in [-0.05, 0) is 24.6 Å². The van der Waals surface area contributed by atoms with Gasteiger partial charge in [-0.3, -0.25) is 0 Å². The van der Waals surface area contributed by atoms with E-state index in [9.17, 15) is 8.42 Å². The lowest BCUT2D eigenvalue weighted by Gasteiger charge is -2.30. The smallest absolute Gasteiger partial charge is 0.244 e. The monoisotopic (exact) mass is 320 g/mol. The minimum absolute atomic E-state index is 0.108. The molecule has 0 radical (unpaired) electrons. The average molecular weight is 321 g/mol. The highest BCUT2D eigenvalue weighted by atomic mass is 35.5. The van der Waals surface area contributed by atoms with E-state index in [1.165, 1.54) is 10.4 Å². The van der Waals surface area contributed by atoms with Crippen molar-refractivity contribution in [3.05, 3.63) is 22.7 Å². The number of rotatable bonds is 2. The number of sulfonamides is 1. The maximum atomic E-state index is 12.6. The molecule has 19 heavy (non-hydrogen) atoms. The summed E-state index contributed by atoms with van der Waals surface area (Å²) >= 11 is 7.85. The summed E-state index contributed by atoms with van der Waals surface area (Å²) in [5, 5.41) is 0.530. The molecule has 0 spiro atoms. The van der Waals surface area contributed by atoms with E-state index in [0.717, 1.165) is 11.3 Å². The summed E-state index contributed by atoms with van der Waals surface area (Å²) in [4.78, 5) is 0.108. The zero-order valence-electron chi connectivity index (χ0n) is 10.9. The molecule has 1 unspecified atom stereocenters. The minimum atomic E-state index is -3.56. The average Bonchev–Trinajstić information content (AvgIpc) is 2.33. The molecule has 1 aromatic carbocycles. The highest BCUT2D eigenvalue weighted by molar-refractivity contribution is 8.00. The maximum Gasteiger partial charge on any atom is 0.244 e. The second kappa shape index (κ2) is 5.52. The number of halogens is 1. The fourth-order valence-electron chi connectivity index (χ4n) is 2.01. The van der Waals surface area contributed by atoms with Crippen LogP contribution in [-0.4, -0.2) is 36.8 Å². The Kier molecular flexibility index (Phi) is 4.35. The lowest BCUT2D eigenvalue weighted by atomic mass is 10.2. The van der Waals surface area contributed by atoms with Crippen LogP contribution in [0.5, 0.6) is 0 Å². The van der Waals surface area contributed by atoms with Crippen LogP contribution < -0.4 is 5.73 Å². The summed E-state index contributed by atoms with van der Waals surface area (Å²) in [5.74, 6) is 0.805. The van der Waals surface area contributed by atoms with Gasteiger partial charge in [0.2, 0.25) is 10.0 Å². The molecule has 1 heterocycles. The van der Waals surface area contributed by atoms with Crippen LogP contribution in [-0.2, 0) is 10.0 Å². The molecular weight excluding hydrogens is 304 g/mol. The third-order valence-corrected chi connectivity index (χ3v) is 6.61. The molecule has 1 aromatic rings. The molecule has 1 fully saturated rings. The van der Waals surface area contributed by atoms with Crippen LogP contribution >= 0.6 is 23.4 Å². The Morgan fingerprint density at radius 2 is 2.16 bits per heavy atom.